The van der Waals surface area contributed by atoms with Gasteiger partial charge in [-0.15, -0.1) is 0 Å². The van der Waals surface area contributed by atoms with Gasteiger partial charge in [-0.3, -0.25) is 18.2 Å². The SMILES string of the molecule is O.O=S(=O)(O)O.O=S(=O)(O)O.[NaH].[V]. The van der Waals surface area contributed by atoms with Crippen LogP contribution in [0.3, 0.4) is 0 Å². The van der Waals surface area contributed by atoms with E-state index in [1.54, 1.807) is 0 Å². The van der Waals surface area contributed by atoms with E-state index in [0.29, 0.717) is 0 Å². The van der Waals surface area contributed by atoms with Crippen molar-refractivity contribution in [3.05, 3.63) is 0 Å². The normalized spacial score (nSPS) is 8.92. The van der Waals surface area contributed by atoms with Crippen LogP contribution in [0.1, 0.15) is 0 Å². The van der Waals surface area contributed by atoms with Crippen LogP contribution in [0.2, 0.25) is 0 Å². The number of hydrogen-bond donors (Lipinski definition) is 4. The molecule has 0 saturated heterocycles. The first kappa shape index (κ1) is 29.2. The van der Waals surface area contributed by atoms with Gasteiger partial charge >= 0.3 is 50.4 Å². The van der Waals surface area contributed by atoms with Crippen LogP contribution in [-0.2, 0) is 39.4 Å². The van der Waals surface area contributed by atoms with Crippen molar-refractivity contribution in [1.29, 1.82) is 0 Å². The second-order valence-electron chi connectivity index (χ2n) is 0.896. The second-order valence-corrected chi connectivity index (χ2v) is 2.69. The molecular formula is H7NaO9S2V. The minimum atomic E-state index is -4.67. The Morgan fingerprint density at radius 1 is 0.692 bits per heavy atom. The largest absolute Gasteiger partial charge is 0 e. The summed E-state index contributed by atoms with van der Waals surface area (Å²) in [6.45, 7) is 0. The van der Waals surface area contributed by atoms with Gasteiger partial charge in [0.1, 0.15) is 0 Å². The maximum absolute atomic E-state index is 8.74. The molecule has 0 aliphatic carbocycles. The molecule has 13 heteroatoms. The molecule has 0 aliphatic heterocycles. The van der Waals surface area contributed by atoms with Crippen LogP contribution in [0.5, 0.6) is 0 Å². The maximum atomic E-state index is 8.74. The summed E-state index contributed by atoms with van der Waals surface area (Å²) in [6.07, 6.45) is 0. The van der Waals surface area contributed by atoms with Crippen molar-refractivity contribution >= 4 is 50.4 Å². The molecule has 0 fully saturated rings. The molecule has 0 saturated carbocycles. The minimum Gasteiger partial charge on any atom is 0 e. The van der Waals surface area contributed by atoms with Gasteiger partial charge in [0, 0.05) is 18.6 Å². The molecule has 13 heavy (non-hydrogen) atoms. The summed E-state index contributed by atoms with van der Waals surface area (Å²) in [7, 11) is -9.33. The Morgan fingerprint density at radius 3 is 0.692 bits per heavy atom. The minimum absolute atomic E-state index is 0. The Hall–Kier alpha value is 1.28. The van der Waals surface area contributed by atoms with Crippen LogP contribution in [0.4, 0.5) is 0 Å². The fourth-order valence-electron chi connectivity index (χ4n) is 0. The van der Waals surface area contributed by atoms with Gasteiger partial charge in [0.25, 0.3) is 0 Å². The van der Waals surface area contributed by atoms with E-state index in [1.165, 1.54) is 0 Å². The van der Waals surface area contributed by atoms with Crippen molar-refractivity contribution in [2.24, 2.45) is 0 Å². The van der Waals surface area contributed by atoms with Crippen molar-refractivity contribution in [3.8, 4) is 0 Å². The van der Waals surface area contributed by atoms with Gasteiger partial charge in [0.2, 0.25) is 0 Å². The van der Waals surface area contributed by atoms with Gasteiger partial charge < -0.3 is 5.48 Å². The summed E-state index contributed by atoms with van der Waals surface area (Å²) in [6, 6.07) is 0. The van der Waals surface area contributed by atoms with Crippen LogP contribution < -0.4 is 0 Å². The van der Waals surface area contributed by atoms with E-state index in [0.717, 1.165) is 0 Å². The van der Waals surface area contributed by atoms with E-state index >= 15 is 0 Å². The van der Waals surface area contributed by atoms with E-state index in [-0.39, 0.29) is 53.6 Å². The third-order valence-electron chi connectivity index (χ3n) is 0. The van der Waals surface area contributed by atoms with Gasteiger partial charge in [-0.25, -0.2) is 0 Å². The average Bonchev–Trinajstić information content (AvgIpc) is 1.12. The monoisotopic (exact) mass is 289 g/mol. The third-order valence-corrected chi connectivity index (χ3v) is 0. The molecule has 1 radical (unpaired) electrons. The zero-order valence-electron chi connectivity index (χ0n) is 5.19. The Kier molecular flexibility index (Phi) is 25.6. The smallest absolute Gasteiger partial charge is 0 e. The van der Waals surface area contributed by atoms with Gasteiger partial charge in [-0.05, 0) is 0 Å². The molecule has 0 aromatic heterocycles. The average molecular weight is 289 g/mol. The maximum Gasteiger partial charge on any atom is 0 e. The Morgan fingerprint density at radius 2 is 0.692 bits per heavy atom. The first-order valence-electron chi connectivity index (χ1n) is 1.40. The molecule has 0 spiro atoms. The third kappa shape index (κ3) is 1030. The molecule has 0 bridgehead atoms. The van der Waals surface area contributed by atoms with Crippen molar-refractivity contribution in [1.82, 2.24) is 0 Å². The standard InChI is InChI=1S/Na.2H2O4S.H2O.V.H/c;2*1-5(2,3)4;;;/h;2*(H2,1,2,3,4);1H2;;. The van der Waals surface area contributed by atoms with Crippen molar-refractivity contribution in [2.75, 3.05) is 0 Å². The predicted molar refractivity (Wildman–Crippen MR) is 39.1 cm³/mol. The summed E-state index contributed by atoms with van der Waals surface area (Å²) < 4.78 is 63.2. The van der Waals surface area contributed by atoms with Crippen LogP contribution in [0.25, 0.3) is 0 Å². The van der Waals surface area contributed by atoms with Gasteiger partial charge in [0.15, 0.2) is 0 Å². The fraction of sp³-hybridized carbons (Fsp3) is 0. The van der Waals surface area contributed by atoms with Gasteiger partial charge in [0.05, 0.1) is 0 Å². The second kappa shape index (κ2) is 11.4. The van der Waals surface area contributed by atoms with Gasteiger partial charge in [-0.1, -0.05) is 0 Å². The van der Waals surface area contributed by atoms with Crippen molar-refractivity contribution in [3.63, 3.8) is 0 Å². The molecule has 0 heterocycles. The van der Waals surface area contributed by atoms with Crippen molar-refractivity contribution < 1.29 is 59.1 Å². The first-order chi connectivity index (χ1) is 4.00. The van der Waals surface area contributed by atoms with E-state index in [4.69, 9.17) is 35.0 Å². The molecule has 0 amide bonds. The molecule has 0 unspecified atom stereocenters. The quantitative estimate of drug-likeness (QED) is 0.273. The zero-order valence-corrected chi connectivity index (χ0v) is 8.22. The molecular weight excluding hydrogens is 282 g/mol. The predicted octanol–water partition coefficient (Wildman–Crippen LogP) is -2.78. The van der Waals surface area contributed by atoms with Gasteiger partial charge in [-0.2, -0.15) is 16.8 Å². The zero-order chi connectivity index (χ0) is 9.00. The van der Waals surface area contributed by atoms with E-state index < -0.39 is 20.8 Å². The molecule has 0 aliphatic rings. The summed E-state index contributed by atoms with van der Waals surface area (Å²) in [5.74, 6) is 0. The Bertz CT molecular complexity index is 214. The van der Waals surface area contributed by atoms with Crippen LogP contribution in [0.15, 0.2) is 0 Å². The molecule has 9 nitrogen and oxygen atoms in total. The molecule has 0 atom stereocenters. The molecule has 0 aromatic carbocycles. The van der Waals surface area contributed by atoms with Crippen LogP contribution in [0, 0.1) is 0 Å². The Balaban J connectivity index is -0.0000000267. The summed E-state index contributed by atoms with van der Waals surface area (Å²) in [5.41, 5.74) is 0. The first-order valence-corrected chi connectivity index (χ1v) is 4.19. The van der Waals surface area contributed by atoms with E-state index in [9.17, 15) is 0 Å². The van der Waals surface area contributed by atoms with Crippen LogP contribution in [-0.4, -0.2) is 70.1 Å². The summed E-state index contributed by atoms with van der Waals surface area (Å²) in [5, 5.41) is 0. The topological polar surface area (TPSA) is 181 Å². The summed E-state index contributed by atoms with van der Waals surface area (Å²) in [4.78, 5) is 0. The number of rotatable bonds is 0. The molecule has 0 aromatic rings. The Labute approximate surface area is 109 Å². The fourth-order valence-corrected chi connectivity index (χ4v) is 0. The van der Waals surface area contributed by atoms with E-state index in [2.05, 4.69) is 0 Å². The van der Waals surface area contributed by atoms with Crippen molar-refractivity contribution in [2.45, 2.75) is 0 Å². The van der Waals surface area contributed by atoms with E-state index in [1.807, 2.05) is 0 Å². The molecule has 79 valence electrons. The summed E-state index contributed by atoms with van der Waals surface area (Å²) >= 11 is 0. The molecule has 6 N–H and O–H groups in total. The van der Waals surface area contributed by atoms with Crippen LogP contribution >= 0.6 is 0 Å². The molecule has 0 rings (SSSR count). The number of hydrogen-bond acceptors (Lipinski definition) is 4.